The van der Waals surface area contributed by atoms with E-state index in [0.29, 0.717) is 39.6 Å². The van der Waals surface area contributed by atoms with E-state index < -0.39 is 0 Å². The molecule has 0 fully saturated rings. The monoisotopic (exact) mass is 399 g/mol. The highest BCUT2D eigenvalue weighted by molar-refractivity contribution is 7.20. The topological polar surface area (TPSA) is 82.5 Å². The summed E-state index contributed by atoms with van der Waals surface area (Å²) in [7, 11) is 1.65. The van der Waals surface area contributed by atoms with Crippen LogP contribution in [-0.4, -0.2) is 28.7 Å². The first-order valence-corrected chi connectivity index (χ1v) is 9.96. The fourth-order valence-electron chi connectivity index (χ4n) is 3.35. The van der Waals surface area contributed by atoms with Gasteiger partial charge in [0, 0.05) is 7.05 Å². The number of nitrogens with zero attached hydrogens (tertiary/aromatic N) is 2. The van der Waals surface area contributed by atoms with Crippen LogP contribution in [0.5, 0.6) is 11.5 Å². The van der Waals surface area contributed by atoms with Crippen molar-refractivity contribution < 1.29 is 14.3 Å². The van der Waals surface area contributed by atoms with E-state index in [0.717, 1.165) is 17.7 Å². The standard InChI is InChI=1S/C20H21N3O4S/c1-4-13(12-5-6-14-15(9-12)27-8-7-26-14)22-18(24)17-11(2)16-19(28-17)21-10-23(3)20(16)25/h5-6,9-10,13H,4,7-8H2,1-3H3,(H,22,24). The second kappa shape index (κ2) is 7.27. The van der Waals surface area contributed by atoms with Crippen molar-refractivity contribution >= 4 is 27.5 Å². The summed E-state index contributed by atoms with van der Waals surface area (Å²) in [6.45, 7) is 4.86. The number of ether oxygens (including phenoxy) is 2. The summed E-state index contributed by atoms with van der Waals surface area (Å²) in [6.07, 6.45) is 2.20. The lowest BCUT2D eigenvalue weighted by Crippen LogP contribution is -2.28. The first-order valence-electron chi connectivity index (χ1n) is 9.14. The van der Waals surface area contributed by atoms with Crippen LogP contribution in [0.15, 0.2) is 29.3 Å². The van der Waals surface area contributed by atoms with Gasteiger partial charge in [-0.05, 0) is 36.6 Å². The van der Waals surface area contributed by atoms with E-state index in [1.54, 1.807) is 14.0 Å². The third kappa shape index (κ3) is 3.13. The van der Waals surface area contributed by atoms with E-state index >= 15 is 0 Å². The lowest BCUT2D eigenvalue weighted by Gasteiger charge is -2.22. The molecule has 1 aliphatic rings. The molecule has 1 aliphatic heterocycles. The van der Waals surface area contributed by atoms with Crippen molar-refractivity contribution in [3.05, 3.63) is 50.9 Å². The zero-order chi connectivity index (χ0) is 19.8. The minimum absolute atomic E-state index is 0.142. The van der Waals surface area contributed by atoms with Gasteiger partial charge in [0.2, 0.25) is 0 Å². The summed E-state index contributed by atoms with van der Waals surface area (Å²) in [4.78, 5) is 30.7. The van der Waals surface area contributed by atoms with Crippen LogP contribution < -0.4 is 20.3 Å². The van der Waals surface area contributed by atoms with Crippen molar-refractivity contribution in [1.29, 1.82) is 0 Å². The first-order chi connectivity index (χ1) is 13.5. The number of nitrogens with one attached hydrogen (secondary N) is 1. The van der Waals surface area contributed by atoms with Crippen molar-refractivity contribution in [1.82, 2.24) is 14.9 Å². The molecule has 0 spiro atoms. The molecule has 1 amide bonds. The fraction of sp³-hybridized carbons (Fsp3) is 0.350. The van der Waals surface area contributed by atoms with Crippen molar-refractivity contribution in [2.45, 2.75) is 26.3 Å². The predicted octanol–water partition coefficient (Wildman–Crippen LogP) is 2.96. The lowest BCUT2D eigenvalue weighted by atomic mass is 10.0. The summed E-state index contributed by atoms with van der Waals surface area (Å²) in [5, 5.41) is 3.59. The Morgan fingerprint density at radius 2 is 2.07 bits per heavy atom. The molecule has 1 aromatic carbocycles. The van der Waals surface area contributed by atoms with E-state index in [4.69, 9.17) is 9.47 Å². The average Bonchev–Trinajstić information content (AvgIpc) is 3.05. The molecule has 0 aliphatic carbocycles. The van der Waals surface area contributed by atoms with Gasteiger partial charge in [-0.15, -0.1) is 11.3 Å². The van der Waals surface area contributed by atoms with Crippen LogP contribution in [0.2, 0.25) is 0 Å². The number of thiophene rings is 1. The number of carbonyl (C=O) groups is 1. The number of carbonyl (C=O) groups excluding carboxylic acids is 1. The summed E-state index contributed by atoms with van der Waals surface area (Å²) in [5.74, 6) is 1.21. The summed E-state index contributed by atoms with van der Waals surface area (Å²) in [6, 6.07) is 5.55. The number of amides is 1. The molecule has 3 aromatic rings. The zero-order valence-corrected chi connectivity index (χ0v) is 16.8. The molecule has 0 saturated heterocycles. The maximum absolute atomic E-state index is 13.0. The summed E-state index contributed by atoms with van der Waals surface area (Å²) >= 11 is 1.24. The highest BCUT2D eigenvalue weighted by Crippen LogP contribution is 2.34. The third-order valence-electron chi connectivity index (χ3n) is 4.90. The van der Waals surface area contributed by atoms with Crippen LogP contribution in [0.3, 0.4) is 0 Å². The predicted molar refractivity (Wildman–Crippen MR) is 108 cm³/mol. The van der Waals surface area contributed by atoms with E-state index in [2.05, 4.69) is 10.3 Å². The largest absolute Gasteiger partial charge is 0.486 e. The molecular weight excluding hydrogens is 378 g/mol. The van der Waals surface area contributed by atoms with Gasteiger partial charge >= 0.3 is 0 Å². The van der Waals surface area contributed by atoms with Crippen molar-refractivity contribution in [3.63, 3.8) is 0 Å². The zero-order valence-electron chi connectivity index (χ0n) is 15.9. The molecule has 0 saturated carbocycles. The first kappa shape index (κ1) is 18.5. The molecule has 4 rings (SSSR count). The molecule has 2 aromatic heterocycles. The number of aryl methyl sites for hydroxylation is 2. The van der Waals surface area contributed by atoms with Gasteiger partial charge in [0.1, 0.15) is 18.0 Å². The SMILES string of the molecule is CCC(NC(=O)c1sc2ncn(C)c(=O)c2c1C)c1ccc2c(c1)OCCO2. The van der Waals surface area contributed by atoms with Gasteiger partial charge < -0.3 is 19.4 Å². The maximum Gasteiger partial charge on any atom is 0.262 e. The smallest absolute Gasteiger partial charge is 0.262 e. The number of benzene rings is 1. The van der Waals surface area contributed by atoms with Crippen molar-refractivity contribution in [2.75, 3.05) is 13.2 Å². The Hall–Kier alpha value is -2.87. The second-order valence-electron chi connectivity index (χ2n) is 6.73. The van der Waals surface area contributed by atoms with Gasteiger partial charge in [-0.25, -0.2) is 4.98 Å². The van der Waals surface area contributed by atoms with E-state index in [1.165, 1.54) is 22.2 Å². The molecule has 0 bridgehead atoms. The summed E-state index contributed by atoms with van der Waals surface area (Å²) < 4.78 is 12.6. The minimum atomic E-state index is -0.204. The molecule has 146 valence electrons. The van der Waals surface area contributed by atoms with E-state index in [-0.39, 0.29) is 17.5 Å². The van der Waals surface area contributed by atoms with E-state index in [1.807, 2.05) is 25.1 Å². The average molecular weight is 399 g/mol. The number of hydrogen-bond acceptors (Lipinski definition) is 6. The van der Waals surface area contributed by atoms with Gasteiger partial charge in [-0.2, -0.15) is 0 Å². The van der Waals surface area contributed by atoms with E-state index in [9.17, 15) is 9.59 Å². The number of hydrogen-bond donors (Lipinski definition) is 1. The number of rotatable bonds is 4. The molecule has 1 N–H and O–H groups in total. The Morgan fingerprint density at radius 1 is 1.32 bits per heavy atom. The Balaban J connectivity index is 1.63. The fourth-order valence-corrected chi connectivity index (χ4v) is 4.39. The minimum Gasteiger partial charge on any atom is -0.486 e. The number of fused-ring (bicyclic) bond motifs is 2. The highest BCUT2D eigenvalue weighted by Gasteiger charge is 2.22. The van der Waals surface area contributed by atoms with Crippen LogP contribution in [0.1, 0.15) is 40.2 Å². The molecule has 8 heteroatoms. The van der Waals surface area contributed by atoms with Crippen LogP contribution in [0, 0.1) is 6.92 Å². The molecule has 1 atom stereocenters. The van der Waals surface area contributed by atoms with Gasteiger partial charge in [0.25, 0.3) is 11.5 Å². The molecule has 1 unspecified atom stereocenters. The Bertz CT molecular complexity index is 1120. The van der Waals surface area contributed by atoms with Crippen LogP contribution in [-0.2, 0) is 7.05 Å². The quantitative estimate of drug-likeness (QED) is 0.729. The van der Waals surface area contributed by atoms with Gasteiger partial charge in [0.05, 0.1) is 22.6 Å². The molecule has 7 nitrogen and oxygen atoms in total. The van der Waals surface area contributed by atoms with Crippen molar-refractivity contribution in [3.8, 4) is 11.5 Å². The Labute approximate surface area is 165 Å². The number of aromatic nitrogens is 2. The molecule has 28 heavy (non-hydrogen) atoms. The van der Waals surface area contributed by atoms with Crippen LogP contribution in [0.25, 0.3) is 10.2 Å². The van der Waals surface area contributed by atoms with Crippen molar-refractivity contribution in [2.24, 2.45) is 7.05 Å². The van der Waals surface area contributed by atoms with Crippen LogP contribution >= 0.6 is 11.3 Å². The third-order valence-corrected chi connectivity index (χ3v) is 6.10. The lowest BCUT2D eigenvalue weighted by molar-refractivity contribution is 0.0939. The maximum atomic E-state index is 13.0. The highest BCUT2D eigenvalue weighted by atomic mass is 32.1. The van der Waals surface area contributed by atoms with Crippen LogP contribution in [0.4, 0.5) is 0 Å². The van der Waals surface area contributed by atoms with Gasteiger partial charge in [0.15, 0.2) is 11.5 Å². The van der Waals surface area contributed by atoms with Gasteiger partial charge in [-0.3, -0.25) is 9.59 Å². The normalized spacial score (nSPS) is 14.1. The molecule has 3 heterocycles. The van der Waals surface area contributed by atoms with Gasteiger partial charge in [-0.1, -0.05) is 13.0 Å². The molecule has 0 radical (unpaired) electrons. The second-order valence-corrected chi connectivity index (χ2v) is 7.73. The Kier molecular flexibility index (Phi) is 4.80. The summed E-state index contributed by atoms with van der Waals surface area (Å²) in [5.41, 5.74) is 1.48. The Morgan fingerprint density at radius 3 is 2.82 bits per heavy atom. The molecular formula is C20H21N3O4S.